The summed E-state index contributed by atoms with van der Waals surface area (Å²) in [5, 5.41) is 21.9. The van der Waals surface area contributed by atoms with Crippen molar-refractivity contribution < 1.29 is 5.11 Å². The minimum atomic E-state index is -0.614. The van der Waals surface area contributed by atoms with E-state index in [9.17, 15) is 0 Å². The molecule has 54 valence electrons. The van der Waals surface area contributed by atoms with Gasteiger partial charge >= 0.3 is 0 Å². The molecular weight excluding hydrogens is 132 g/mol. The molecule has 0 aromatic carbocycles. The Hall–Kier alpha value is -1.23. The topological polar surface area (TPSA) is 70.9 Å². The van der Waals surface area contributed by atoms with Gasteiger partial charge in [0, 0.05) is 6.07 Å². The van der Waals surface area contributed by atoms with E-state index in [0.717, 1.165) is 0 Å². The molecular formula is C5H8N4O. The molecule has 0 saturated carbocycles. The highest BCUT2D eigenvalue weighted by molar-refractivity contribution is 5.30. The van der Waals surface area contributed by atoms with Crippen LogP contribution >= 0.6 is 0 Å². The lowest BCUT2D eigenvalue weighted by molar-refractivity contribution is 0.223. The fraction of sp³-hybridized carbons (Fsp3) is 0.400. The Labute approximate surface area is 58.1 Å². The zero-order valence-electron chi connectivity index (χ0n) is 5.52. The Morgan fingerprint density at radius 2 is 2.50 bits per heavy atom. The Balaban J connectivity index is 2.59. The summed E-state index contributed by atoms with van der Waals surface area (Å²) in [6, 6.07) is 1.62. The largest absolute Gasteiger partial charge is 0.374 e. The van der Waals surface area contributed by atoms with Crippen molar-refractivity contribution in [3.8, 4) is 0 Å². The van der Waals surface area contributed by atoms with Crippen LogP contribution in [0.5, 0.6) is 0 Å². The van der Waals surface area contributed by atoms with Gasteiger partial charge in [-0.25, -0.2) is 0 Å². The van der Waals surface area contributed by atoms with E-state index in [1.165, 1.54) is 6.20 Å². The second kappa shape index (κ2) is 3.07. The highest BCUT2D eigenvalue weighted by atomic mass is 16.3. The minimum absolute atomic E-state index is 0.519. The average Bonchev–Trinajstić information content (AvgIpc) is 1.88. The van der Waals surface area contributed by atoms with Crippen LogP contribution in [0, 0.1) is 0 Å². The molecule has 0 spiro atoms. The van der Waals surface area contributed by atoms with Crippen LogP contribution in [0.2, 0.25) is 0 Å². The van der Waals surface area contributed by atoms with E-state index in [1.807, 2.05) is 0 Å². The Kier molecular flexibility index (Phi) is 2.11. The summed E-state index contributed by atoms with van der Waals surface area (Å²) >= 11 is 0. The quantitative estimate of drug-likeness (QED) is 0.548. The third kappa shape index (κ3) is 1.94. The molecule has 0 fully saturated rings. The molecule has 0 aliphatic rings. The number of nitrogens with one attached hydrogen (secondary N) is 1. The summed E-state index contributed by atoms with van der Waals surface area (Å²) in [4.78, 5) is 0. The lowest BCUT2D eigenvalue weighted by Gasteiger charge is -2.04. The maximum atomic E-state index is 8.81. The van der Waals surface area contributed by atoms with Gasteiger partial charge in [0.05, 0.1) is 6.20 Å². The SMILES string of the molecule is CC(O)Nc1ccnnn1. The monoisotopic (exact) mass is 140 g/mol. The number of hydrogen-bond donors (Lipinski definition) is 2. The van der Waals surface area contributed by atoms with Crippen molar-refractivity contribution in [1.82, 2.24) is 15.4 Å². The first-order valence-electron chi connectivity index (χ1n) is 2.88. The van der Waals surface area contributed by atoms with Gasteiger partial charge in [0.2, 0.25) is 0 Å². The maximum Gasteiger partial charge on any atom is 0.153 e. The predicted octanol–water partition coefficient (Wildman–Crippen LogP) is -0.378. The molecule has 0 saturated heterocycles. The van der Waals surface area contributed by atoms with Gasteiger partial charge in [-0.15, -0.1) is 10.2 Å². The number of aliphatic hydroxyl groups is 1. The maximum absolute atomic E-state index is 8.81. The third-order valence-corrected chi connectivity index (χ3v) is 0.860. The van der Waals surface area contributed by atoms with Gasteiger partial charge in [-0.1, -0.05) is 0 Å². The van der Waals surface area contributed by atoms with Gasteiger partial charge in [-0.3, -0.25) is 0 Å². The summed E-state index contributed by atoms with van der Waals surface area (Å²) in [6.07, 6.45) is 0.884. The highest BCUT2D eigenvalue weighted by Crippen LogP contribution is 1.96. The summed E-state index contributed by atoms with van der Waals surface area (Å²) < 4.78 is 0. The lowest BCUT2D eigenvalue weighted by atomic mass is 10.5. The van der Waals surface area contributed by atoms with E-state index < -0.39 is 6.23 Å². The van der Waals surface area contributed by atoms with Crippen molar-refractivity contribution >= 4 is 5.82 Å². The van der Waals surface area contributed by atoms with Crippen LogP contribution in [0.4, 0.5) is 5.82 Å². The van der Waals surface area contributed by atoms with Gasteiger partial charge < -0.3 is 10.4 Å². The van der Waals surface area contributed by atoms with Gasteiger partial charge in [-0.05, 0) is 12.1 Å². The van der Waals surface area contributed by atoms with E-state index in [0.29, 0.717) is 5.82 Å². The first-order chi connectivity index (χ1) is 4.79. The van der Waals surface area contributed by atoms with Crippen LogP contribution < -0.4 is 5.32 Å². The molecule has 1 heterocycles. The highest BCUT2D eigenvalue weighted by Gasteiger charge is 1.94. The standard InChI is InChI=1S/C5H8N4O/c1-4(10)7-5-2-3-6-9-8-5/h2-4,10H,1H3,(H,6,7,8). The van der Waals surface area contributed by atoms with Crippen LogP contribution in [0.25, 0.3) is 0 Å². The first-order valence-corrected chi connectivity index (χ1v) is 2.88. The first kappa shape index (κ1) is 6.88. The van der Waals surface area contributed by atoms with E-state index in [1.54, 1.807) is 13.0 Å². The zero-order valence-corrected chi connectivity index (χ0v) is 5.52. The van der Waals surface area contributed by atoms with E-state index in [2.05, 4.69) is 20.7 Å². The van der Waals surface area contributed by atoms with Crippen LogP contribution in [0.15, 0.2) is 12.3 Å². The predicted molar refractivity (Wildman–Crippen MR) is 35.1 cm³/mol. The molecule has 0 aliphatic heterocycles. The second-order valence-corrected chi connectivity index (χ2v) is 1.83. The number of anilines is 1. The van der Waals surface area contributed by atoms with Crippen molar-refractivity contribution in [3.63, 3.8) is 0 Å². The van der Waals surface area contributed by atoms with Crippen molar-refractivity contribution in [2.24, 2.45) is 0 Å². The fourth-order valence-corrected chi connectivity index (χ4v) is 0.532. The van der Waals surface area contributed by atoms with Gasteiger partial charge in [0.15, 0.2) is 5.82 Å². The van der Waals surface area contributed by atoms with Crippen LogP contribution in [-0.4, -0.2) is 26.7 Å². The zero-order chi connectivity index (χ0) is 7.40. The molecule has 0 bridgehead atoms. The number of aromatic nitrogens is 3. The molecule has 2 N–H and O–H groups in total. The van der Waals surface area contributed by atoms with E-state index in [-0.39, 0.29) is 0 Å². The molecule has 0 aliphatic carbocycles. The lowest BCUT2D eigenvalue weighted by Crippen LogP contribution is -2.14. The molecule has 1 unspecified atom stereocenters. The number of rotatable bonds is 2. The van der Waals surface area contributed by atoms with Crippen LogP contribution in [0.1, 0.15) is 6.92 Å². The third-order valence-electron chi connectivity index (χ3n) is 0.860. The van der Waals surface area contributed by atoms with Crippen LogP contribution in [0.3, 0.4) is 0 Å². The minimum Gasteiger partial charge on any atom is -0.374 e. The van der Waals surface area contributed by atoms with Crippen LogP contribution in [-0.2, 0) is 0 Å². The average molecular weight is 140 g/mol. The number of aliphatic hydroxyl groups excluding tert-OH is 1. The molecule has 1 aromatic rings. The smallest absolute Gasteiger partial charge is 0.153 e. The van der Waals surface area contributed by atoms with Crippen molar-refractivity contribution in [2.75, 3.05) is 5.32 Å². The summed E-state index contributed by atoms with van der Waals surface area (Å²) in [6.45, 7) is 1.60. The van der Waals surface area contributed by atoms with Crippen molar-refractivity contribution in [2.45, 2.75) is 13.2 Å². The summed E-state index contributed by atoms with van der Waals surface area (Å²) in [7, 11) is 0. The van der Waals surface area contributed by atoms with Gasteiger partial charge in [-0.2, -0.15) is 0 Å². The summed E-state index contributed by atoms with van der Waals surface area (Å²) in [5.74, 6) is 0.519. The molecule has 0 radical (unpaired) electrons. The molecule has 1 atom stereocenters. The molecule has 1 aromatic heterocycles. The molecule has 0 amide bonds. The Morgan fingerprint density at radius 3 is 3.00 bits per heavy atom. The van der Waals surface area contributed by atoms with Gasteiger partial charge in [0.1, 0.15) is 6.23 Å². The Bertz CT molecular complexity index is 188. The number of nitrogens with zero attached hydrogens (tertiary/aromatic N) is 3. The normalized spacial score (nSPS) is 12.6. The second-order valence-electron chi connectivity index (χ2n) is 1.83. The number of hydrogen-bond acceptors (Lipinski definition) is 5. The molecule has 10 heavy (non-hydrogen) atoms. The summed E-state index contributed by atoms with van der Waals surface area (Å²) in [5.41, 5.74) is 0. The van der Waals surface area contributed by atoms with E-state index >= 15 is 0 Å². The molecule has 5 heteroatoms. The fourth-order valence-electron chi connectivity index (χ4n) is 0.532. The van der Waals surface area contributed by atoms with Crippen molar-refractivity contribution in [1.29, 1.82) is 0 Å². The van der Waals surface area contributed by atoms with Gasteiger partial charge in [0.25, 0.3) is 0 Å². The molecule has 5 nitrogen and oxygen atoms in total. The molecule has 1 rings (SSSR count). The van der Waals surface area contributed by atoms with Crippen molar-refractivity contribution in [3.05, 3.63) is 12.3 Å². The Morgan fingerprint density at radius 1 is 1.70 bits per heavy atom. The van der Waals surface area contributed by atoms with E-state index in [4.69, 9.17) is 5.11 Å².